The summed E-state index contributed by atoms with van der Waals surface area (Å²) >= 11 is 1.93. The first-order valence-electron chi connectivity index (χ1n) is 2.53. The fraction of sp³-hybridized carbons (Fsp3) is 0.400. The highest BCUT2D eigenvalue weighted by Crippen LogP contribution is 2.21. The Labute approximate surface area is 51.9 Å². The van der Waals surface area contributed by atoms with E-state index in [1.807, 2.05) is 24.3 Å². The number of hydrogen-bond donors (Lipinski definition) is 0. The number of aromatic nitrogens is 2. The Morgan fingerprint density at radius 1 is 1.75 bits per heavy atom. The van der Waals surface area contributed by atoms with Crippen LogP contribution in [0.1, 0.15) is 5.69 Å². The van der Waals surface area contributed by atoms with Gasteiger partial charge in [-0.05, 0) is 0 Å². The zero-order chi connectivity index (χ0) is 5.40. The van der Waals surface area contributed by atoms with Crippen LogP contribution in [-0.4, -0.2) is 9.55 Å². The largest absolute Gasteiger partial charge is 0.324 e. The molecule has 0 fully saturated rings. The Balaban J connectivity index is 2.54. The molecule has 2 heterocycles. The SMILES string of the molecule is c1ncn2c1CSC2. The predicted molar refractivity (Wildman–Crippen MR) is 33.5 cm³/mol. The molecule has 2 nitrogen and oxygen atoms in total. The summed E-state index contributed by atoms with van der Waals surface area (Å²) in [6, 6.07) is 0. The summed E-state index contributed by atoms with van der Waals surface area (Å²) in [5.74, 6) is 2.23. The minimum absolute atomic E-state index is 1.09. The lowest BCUT2D eigenvalue weighted by Gasteiger charge is -1.86. The van der Waals surface area contributed by atoms with E-state index < -0.39 is 0 Å². The molecule has 2 rings (SSSR count). The van der Waals surface area contributed by atoms with E-state index in [2.05, 4.69) is 9.55 Å². The smallest absolute Gasteiger partial charge is 0.0955 e. The number of thioether (sulfide) groups is 1. The van der Waals surface area contributed by atoms with Crippen molar-refractivity contribution >= 4 is 11.8 Å². The first kappa shape index (κ1) is 4.44. The van der Waals surface area contributed by atoms with Gasteiger partial charge in [-0.3, -0.25) is 0 Å². The number of rotatable bonds is 0. The van der Waals surface area contributed by atoms with Crippen LogP contribution >= 0.6 is 11.8 Å². The van der Waals surface area contributed by atoms with E-state index in [1.165, 1.54) is 5.69 Å². The Morgan fingerprint density at radius 3 is 3.62 bits per heavy atom. The molecule has 1 aromatic heterocycles. The fourth-order valence-electron chi connectivity index (χ4n) is 0.833. The third-order valence-electron chi connectivity index (χ3n) is 1.28. The van der Waals surface area contributed by atoms with Gasteiger partial charge in [0.1, 0.15) is 0 Å². The first-order valence-corrected chi connectivity index (χ1v) is 3.69. The summed E-state index contributed by atoms with van der Waals surface area (Å²) in [4.78, 5) is 3.99. The van der Waals surface area contributed by atoms with Gasteiger partial charge in [-0.15, -0.1) is 11.8 Å². The van der Waals surface area contributed by atoms with Crippen molar-refractivity contribution in [1.82, 2.24) is 9.55 Å². The summed E-state index contributed by atoms with van der Waals surface area (Å²) in [6.45, 7) is 0. The molecular formula is C5H6N2S. The van der Waals surface area contributed by atoms with Crippen molar-refractivity contribution in [3.63, 3.8) is 0 Å². The fourth-order valence-corrected chi connectivity index (χ4v) is 1.80. The van der Waals surface area contributed by atoms with Crippen molar-refractivity contribution in [2.24, 2.45) is 0 Å². The topological polar surface area (TPSA) is 17.8 Å². The molecule has 1 aliphatic heterocycles. The van der Waals surface area contributed by atoms with E-state index in [4.69, 9.17) is 0 Å². The van der Waals surface area contributed by atoms with Crippen molar-refractivity contribution in [2.75, 3.05) is 0 Å². The second kappa shape index (κ2) is 1.52. The third kappa shape index (κ3) is 0.478. The van der Waals surface area contributed by atoms with Crippen LogP contribution in [0.3, 0.4) is 0 Å². The van der Waals surface area contributed by atoms with Crippen LogP contribution in [0, 0.1) is 0 Å². The van der Waals surface area contributed by atoms with Crippen LogP contribution in [0.5, 0.6) is 0 Å². The second-order valence-corrected chi connectivity index (χ2v) is 2.79. The van der Waals surface area contributed by atoms with Crippen molar-refractivity contribution in [1.29, 1.82) is 0 Å². The van der Waals surface area contributed by atoms with E-state index in [0.29, 0.717) is 0 Å². The molecule has 0 radical (unpaired) electrons. The molecular weight excluding hydrogens is 120 g/mol. The van der Waals surface area contributed by atoms with Crippen LogP contribution in [0.25, 0.3) is 0 Å². The van der Waals surface area contributed by atoms with Crippen LogP contribution in [0.15, 0.2) is 12.5 Å². The van der Waals surface area contributed by atoms with Gasteiger partial charge in [0.15, 0.2) is 0 Å². The lowest BCUT2D eigenvalue weighted by Crippen LogP contribution is -1.85. The zero-order valence-electron chi connectivity index (χ0n) is 4.37. The maximum Gasteiger partial charge on any atom is 0.0955 e. The lowest BCUT2D eigenvalue weighted by atomic mass is 10.5. The van der Waals surface area contributed by atoms with Gasteiger partial charge in [0.05, 0.1) is 12.2 Å². The van der Waals surface area contributed by atoms with Gasteiger partial charge < -0.3 is 4.57 Å². The molecule has 0 amide bonds. The lowest BCUT2D eigenvalue weighted by molar-refractivity contribution is 0.878. The number of fused-ring (bicyclic) bond motifs is 1. The Hall–Kier alpha value is -0.440. The highest BCUT2D eigenvalue weighted by molar-refractivity contribution is 7.97. The van der Waals surface area contributed by atoms with Crippen LogP contribution < -0.4 is 0 Å². The van der Waals surface area contributed by atoms with Crippen molar-refractivity contribution in [3.05, 3.63) is 18.2 Å². The van der Waals surface area contributed by atoms with Gasteiger partial charge in [-0.2, -0.15) is 0 Å². The molecule has 0 N–H and O–H groups in total. The molecule has 0 saturated carbocycles. The molecule has 0 aromatic carbocycles. The molecule has 3 heteroatoms. The van der Waals surface area contributed by atoms with Crippen molar-refractivity contribution < 1.29 is 0 Å². The van der Waals surface area contributed by atoms with E-state index in [1.54, 1.807) is 0 Å². The molecule has 0 bridgehead atoms. The molecule has 1 aromatic rings. The molecule has 42 valence electrons. The van der Waals surface area contributed by atoms with Crippen LogP contribution in [0.2, 0.25) is 0 Å². The van der Waals surface area contributed by atoms with E-state index in [0.717, 1.165) is 11.6 Å². The quantitative estimate of drug-likeness (QED) is 0.518. The average Bonchev–Trinajstić information content (AvgIpc) is 2.15. The summed E-state index contributed by atoms with van der Waals surface area (Å²) in [6.07, 6.45) is 3.81. The van der Waals surface area contributed by atoms with Crippen LogP contribution in [0.4, 0.5) is 0 Å². The molecule has 1 aliphatic rings. The maximum atomic E-state index is 3.99. The number of hydrogen-bond acceptors (Lipinski definition) is 2. The third-order valence-corrected chi connectivity index (χ3v) is 2.24. The first-order chi connectivity index (χ1) is 3.97. The van der Waals surface area contributed by atoms with Crippen LogP contribution in [-0.2, 0) is 11.6 Å². The average molecular weight is 126 g/mol. The maximum absolute atomic E-state index is 3.99. The monoisotopic (exact) mass is 126 g/mol. The Bertz CT molecular complexity index is 176. The van der Waals surface area contributed by atoms with Gasteiger partial charge in [-0.25, -0.2) is 4.98 Å². The molecule has 0 unspecified atom stereocenters. The van der Waals surface area contributed by atoms with Crippen molar-refractivity contribution in [2.45, 2.75) is 11.6 Å². The highest BCUT2D eigenvalue weighted by atomic mass is 32.2. The summed E-state index contributed by atoms with van der Waals surface area (Å²) < 4.78 is 2.17. The normalized spacial score (nSPS) is 16.5. The standard InChI is InChI=1S/C5H6N2S/c1-5-2-8-4-7(5)3-6-1/h1,3H,2,4H2. The van der Waals surface area contributed by atoms with Gasteiger partial charge in [0.25, 0.3) is 0 Å². The van der Waals surface area contributed by atoms with Gasteiger partial charge in [-0.1, -0.05) is 0 Å². The molecule has 0 atom stereocenters. The summed E-state index contributed by atoms with van der Waals surface area (Å²) in [7, 11) is 0. The predicted octanol–water partition coefficient (Wildman–Crippen LogP) is 1.09. The number of imidazole rings is 1. The Kier molecular flexibility index (Phi) is 0.842. The second-order valence-electron chi connectivity index (χ2n) is 1.83. The highest BCUT2D eigenvalue weighted by Gasteiger charge is 2.07. The Morgan fingerprint density at radius 2 is 2.75 bits per heavy atom. The molecule has 0 aliphatic carbocycles. The summed E-state index contributed by atoms with van der Waals surface area (Å²) in [5, 5.41) is 0. The minimum atomic E-state index is 1.09. The van der Waals surface area contributed by atoms with Gasteiger partial charge in [0, 0.05) is 17.6 Å². The van der Waals surface area contributed by atoms with E-state index in [-0.39, 0.29) is 0 Å². The molecule has 0 saturated heterocycles. The van der Waals surface area contributed by atoms with E-state index in [9.17, 15) is 0 Å². The summed E-state index contributed by atoms with van der Waals surface area (Å²) in [5.41, 5.74) is 1.36. The van der Waals surface area contributed by atoms with Crippen molar-refractivity contribution in [3.8, 4) is 0 Å². The molecule has 8 heavy (non-hydrogen) atoms. The molecule has 0 spiro atoms. The van der Waals surface area contributed by atoms with Gasteiger partial charge in [0.2, 0.25) is 0 Å². The van der Waals surface area contributed by atoms with E-state index >= 15 is 0 Å². The minimum Gasteiger partial charge on any atom is -0.324 e. The zero-order valence-corrected chi connectivity index (χ0v) is 5.19. The van der Waals surface area contributed by atoms with Gasteiger partial charge >= 0.3 is 0 Å². The number of nitrogens with zero attached hydrogens (tertiary/aromatic N) is 2.